The monoisotopic (exact) mass is 516 g/mol. The lowest BCUT2D eigenvalue weighted by Crippen LogP contribution is -2.33. The average molecular weight is 517 g/mol. The third-order valence-electron chi connectivity index (χ3n) is 4.67. The first-order valence-corrected chi connectivity index (χ1v) is 11.0. The van der Waals surface area contributed by atoms with Gasteiger partial charge in [-0.15, -0.1) is 0 Å². The summed E-state index contributed by atoms with van der Waals surface area (Å²) in [6.45, 7) is 1.57. The second kappa shape index (κ2) is 12.1. The Labute approximate surface area is 212 Å². The van der Waals surface area contributed by atoms with E-state index in [1.807, 2.05) is 0 Å². The Morgan fingerprint density at radius 3 is 2.26 bits per heavy atom. The van der Waals surface area contributed by atoms with Crippen molar-refractivity contribution in [3.8, 4) is 23.0 Å². The number of rotatable bonds is 9. The van der Waals surface area contributed by atoms with E-state index < -0.39 is 18.0 Å². The third-order valence-corrected chi connectivity index (χ3v) is 5.20. The van der Waals surface area contributed by atoms with Crippen LogP contribution in [-0.2, 0) is 4.79 Å². The molecule has 0 unspecified atom stereocenters. The zero-order valence-electron chi connectivity index (χ0n) is 19.1. The lowest BCUT2D eigenvalue weighted by atomic mass is 10.2. The molecule has 8 nitrogen and oxygen atoms in total. The number of methoxy groups -OCH3 is 2. The number of hydrazone groups is 1. The fraction of sp³-hybridized carbons (Fsp3) is 0.160. The van der Waals surface area contributed by atoms with Gasteiger partial charge in [0.15, 0.2) is 17.6 Å². The molecule has 1 atom stereocenters. The number of hydrogen-bond donors (Lipinski definition) is 1. The van der Waals surface area contributed by atoms with Crippen molar-refractivity contribution in [1.29, 1.82) is 0 Å². The molecule has 0 bridgehead atoms. The molecule has 182 valence electrons. The minimum atomic E-state index is -0.843. The van der Waals surface area contributed by atoms with Gasteiger partial charge < -0.3 is 18.9 Å². The van der Waals surface area contributed by atoms with E-state index in [1.165, 1.54) is 32.6 Å². The third kappa shape index (κ3) is 7.11. The maximum atomic E-state index is 12.4. The minimum absolute atomic E-state index is 0.299. The number of carbonyl (C=O) groups excluding carboxylic acids is 2. The molecule has 0 spiro atoms. The smallest absolute Gasteiger partial charge is 0.343 e. The van der Waals surface area contributed by atoms with Crippen LogP contribution >= 0.6 is 23.2 Å². The summed E-state index contributed by atoms with van der Waals surface area (Å²) in [6.07, 6.45) is 0.601. The fourth-order valence-corrected chi connectivity index (χ4v) is 3.28. The molecule has 0 radical (unpaired) electrons. The molecule has 0 aliphatic carbocycles. The molecule has 3 aromatic carbocycles. The van der Waals surface area contributed by atoms with Gasteiger partial charge in [0.2, 0.25) is 0 Å². The van der Waals surface area contributed by atoms with E-state index in [1.54, 1.807) is 55.5 Å². The van der Waals surface area contributed by atoms with Crippen LogP contribution in [0.5, 0.6) is 23.0 Å². The van der Waals surface area contributed by atoms with Crippen molar-refractivity contribution in [3.63, 3.8) is 0 Å². The summed E-state index contributed by atoms with van der Waals surface area (Å²) in [5.74, 6) is 0.594. The van der Waals surface area contributed by atoms with Crippen molar-refractivity contribution in [2.24, 2.45) is 5.10 Å². The Morgan fingerprint density at radius 1 is 0.914 bits per heavy atom. The molecule has 0 saturated heterocycles. The topological polar surface area (TPSA) is 95.5 Å². The van der Waals surface area contributed by atoms with Gasteiger partial charge in [-0.05, 0) is 73.2 Å². The molecule has 35 heavy (non-hydrogen) atoms. The molecular weight excluding hydrogens is 495 g/mol. The van der Waals surface area contributed by atoms with Crippen molar-refractivity contribution in [1.82, 2.24) is 5.43 Å². The van der Waals surface area contributed by atoms with Crippen LogP contribution in [0.2, 0.25) is 10.0 Å². The number of nitrogens with zero attached hydrogens (tertiary/aromatic N) is 1. The number of amides is 1. The zero-order chi connectivity index (χ0) is 25.4. The number of esters is 1. The Bertz CT molecular complexity index is 1230. The van der Waals surface area contributed by atoms with E-state index in [0.29, 0.717) is 44.2 Å². The highest BCUT2D eigenvalue weighted by molar-refractivity contribution is 6.35. The summed E-state index contributed by atoms with van der Waals surface area (Å²) in [5, 5.41) is 4.68. The fourth-order valence-electron chi connectivity index (χ4n) is 2.83. The Balaban J connectivity index is 1.53. The molecule has 0 aliphatic heterocycles. The van der Waals surface area contributed by atoms with Crippen LogP contribution in [0.1, 0.15) is 22.8 Å². The van der Waals surface area contributed by atoms with Gasteiger partial charge in [-0.25, -0.2) is 10.2 Å². The minimum Gasteiger partial charge on any atom is -0.493 e. The Hall–Kier alpha value is -3.75. The van der Waals surface area contributed by atoms with E-state index in [4.69, 9.17) is 42.1 Å². The molecule has 10 heteroatoms. The van der Waals surface area contributed by atoms with Gasteiger partial charge in [0, 0.05) is 5.02 Å². The summed E-state index contributed by atoms with van der Waals surface area (Å²) in [4.78, 5) is 24.6. The summed E-state index contributed by atoms with van der Waals surface area (Å²) < 4.78 is 21.3. The van der Waals surface area contributed by atoms with E-state index in [0.717, 1.165) is 0 Å². The average Bonchev–Trinajstić information content (AvgIpc) is 2.86. The number of carbonyl (C=O) groups is 2. The van der Waals surface area contributed by atoms with E-state index >= 15 is 0 Å². The van der Waals surface area contributed by atoms with Gasteiger partial charge >= 0.3 is 5.97 Å². The molecule has 0 saturated carbocycles. The van der Waals surface area contributed by atoms with Crippen LogP contribution in [0.25, 0.3) is 0 Å². The largest absolute Gasteiger partial charge is 0.493 e. The van der Waals surface area contributed by atoms with Crippen LogP contribution < -0.4 is 24.4 Å². The molecular formula is C25H22Cl2N2O6. The van der Waals surface area contributed by atoms with Gasteiger partial charge in [0.1, 0.15) is 11.5 Å². The normalized spacial score (nSPS) is 11.6. The number of hydrogen-bond acceptors (Lipinski definition) is 7. The zero-order valence-corrected chi connectivity index (χ0v) is 20.6. The van der Waals surface area contributed by atoms with E-state index in [-0.39, 0.29) is 0 Å². The first kappa shape index (κ1) is 25.9. The summed E-state index contributed by atoms with van der Waals surface area (Å²) in [7, 11) is 3.00. The van der Waals surface area contributed by atoms with Gasteiger partial charge in [0.05, 0.1) is 31.0 Å². The number of ether oxygens (including phenoxy) is 4. The van der Waals surface area contributed by atoms with Gasteiger partial charge in [0.25, 0.3) is 5.91 Å². The predicted octanol–water partition coefficient (Wildman–Crippen LogP) is 5.15. The van der Waals surface area contributed by atoms with E-state index in [9.17, 15) is 9.59 Å². The van der Waals surface area contributed by atoms with Crippen molar-refractivity contribution >= 4 is 41.3 Å². The Kier molecular flexibility index (Phi) is 8.94. The summed E-state index contributed by atoms with van der Waals surface area (Å²) >= 11 is 11.9. The first-order valence-electron chi connectivity index (χ1n) is 10.3. The molecule has 1 amide bonds. The number of halogens is 2. The predicted molar refractivity (Wildman–Crippen MR) is 133 cm³/mol. The maximum absolute atomic E-state index is 12.4. The lowest BCUT2D eigenvalue weighted by molar-refractivity contribution is -0.127. The van der Waals surface area contributed by atoms with Gasteiger partial charge in [-0.2, -0.15) is 5.10 Å². The quantitative estimate of drug-likeness (QED) is 0.183. The molecule has 3 rings (SSSR count). The first-order chi connectivity index (χ1) is 16.8. The maximum Gasteiger partial charge on any atom is 0.343 e. The lowest BCUT2D eigenvalue weighted by Gasteiger charge is -2.14. The van der Waals surface area contributed by atoms with Crippen LogP contribution in [-0.4, -0.2) is 38.4 Å². The molecule has 0 aromatic heterocycles. The Morgan fingerprint density at radius 2 is 1.60 bits per heavy atom. The summed E-state index contributed by atoms with van der Waals surface area (Å²) in [6, 6.07) is 16.0. The second-order valence-electron chi connectivity index (χ2n) is 7.10. The highest BCUT2D eigenvalue weighted by atomic mass is 35.5. The SMILES string of the molecule is COc1ccc(C(=O)Oc2ccc(/C=N\NC(=O)[C@H](C)Oc3ccc(Cl)cc3Cl)cc2)cc1OC. The highest BCUT2D eigenvalue weighted by Crippen LogP contribution is 2.29. The van der Waals surface area contributed by atoms with Gasteiger partial charge in [-0.3, -0.25) is 4.79 Å². The van der Waals surface area contributed by atoms with Crippen molar-refractivity contribution in [3.05, 3.63) is 81.8 Å². The summed E-state index contributed by atoms with van der Waals surface area (Å²) in [5.41, 5.74) is 3.38. The molecule has 1 N–H and O–H groups in total. The van der Waals surface area contributed by atoms with Crippen molar-refractivity contribution in [2.75, 3.05) is 14.2 Å². The van der Waals surface area contributed by atoms with Crippen LogP contribution in [0.3, 0.4) is 0 Å². The molecule has 0 fully saturated rings. The van der Waals surface area contributed by atoms with Crippen LogP contribution in [0.15, 0.2) is 65.8 Å². The molecule has 0 heterocycles. The van der Waals surface area contributed by atoms with Crippen LogP contribution in [0.4, 0.5) is 0 Å². The standard InChI is InChI=1S/C25H22Cl2N2O6/c1-15(34-21-11-7-18(26)13-20(21)27)24(30)29-28-14-16-4-8-19(9-5-16)35-25(31)17-6-10-22(32-2)23(12-17)33-3/h4-15H,1-3H3,(H,29,30)/b28-14-/t15-/m0/s1. The van der Waals surface area contributed by atoms with E-state index in [2.05, 4.69) is 10.5 Å². The number of nitrogens with one attached hydrogen (secondary N) is 1. The molecule has 3 aromatic rings. The van der Waals surface area contributed by atoms with Crippen molar-refractivity contribution < 1.29 is 28.5 Å². The highest BCUT2D eigenvalue weighted by Gasteiger charge is 2.16. The van der Waals surface area contributed by atoms with Crippen LogP contribution in [0, 0.1) is 0 Å². The van der Waals surface area contributed by atoms with Crippen molar-refractivity contribution in [2.45, 2.75) is 13.0 Å². The van der Waals surface area contributed by atoms with Gasteiger partial charge in [-0.1, -0.05) is 23.2 Å². The number of benzene rings is 3. The second-order valence-corrected chi connectivity index (χ2v) is 7.94. The molecule has 0 aliphatic rings.